The highest BCUT2D eigenvalue weighted by Crippen LogP contribution is 2.43. The molecule has 1 aromatic carbocycles. The number of fused-ring (bicyclic) bond motifs is 3. The lowest BCUT2D eigenvalue weighted by Gasteiger charge is -2.31. The van der Waals surface area contributed by atoms with Gasteiger partial charge in [-0.3, -0.25) is 4.79 Å². The number of aromatic nitrogens is 3. The largest absolute Gasteiger partial charge is 0.493 e. The SMILES string of the molecule is COc1cc2c(cc1OC(C)C)-c1c(c(C(=O)N(C)C(C)(C)C)nn1-c1nccs1)CC2. The van der Waals surface area contributed by atoms with Crippen LogP contribution in [0.25, 0.3) is 16.4 Å². The minimum absolute atomic E-state index is 0.00598. The van der Waals surface area contributed by atoms with Crippen molar-refractivity contribution < 1.29 is 14.3 Å². The molecule has 2 heterocycles. The van der Waals surface area contributed by atoms with Crippen LogP contribution in [0, 0.1) is 0 Å². The Balaban J connectivity index is 1.94. The Bertz CT molecular complexity index is 1140. The van der Waals surface area contributed by atoms with Gasteiger partial charge in [0.1, 0.15) is 0 Å². The third-order valence-corrected chi connectivity index (χ3v) is 6.50. The number of carbonyl (C=O) groups excluding carboxylic acids is 1. The van der Waals surface area contributed by atoms with Crippen molar-refractivity contribution in [2.24, 2.45) is 0 Å². The van der Waals surface area contributed by atoms with Crippen molar-refractivity contribution in [3.8, 4) is 27.9 Å². The van der Waals surface area contributed by atoms with E-state index in [9.17, 15) is 4.79 Å². The molecule has 1 aliphatic carbocycles. The zero-order chi connectivity index (χ0) is 23.2. The van der Waals surface area contributed by atoms with E-state index in [2.05, 4.69) is 4.98 Å². The molecule has 0 bridgehead atoms. The van der Waals surface area contributed by atoms with Crippen molar-refractivity contribution >= 4 is 17.2 Å². The average molecular weight is 455 g/mol. The molecule has 1 aliphatic rings. The van der Waals surface area contributed by atoms with Crippen LogP contribution in [0.5, 0.6) is 11.5 Å². The predicted molar refractivity (Wildman–Crippen MR) is 126 cm³/mol. The van der Waals surface area contributed by atoms with Crippen LogP contribution in [-0.2, 0) is 12.8 Å². The number of thiazole rings is 1. The highest BCUT2D eigenvalue weighted by Gasteiger charge is 2.34. The van der Waals surface area contributed by atoms with E-state index in [0.717, 1.165) is 40.4 Å². The van der Waals surface area contributed by atoms with Gasteiger partial charge in [0.15, 0.2) is 17.2 Å². The van der Waals surface area contributed by atoms with Crippen LogP contribution in [-0.4, -0.2) is 51.4 Å². The molecule has 0 atom stereocenters. The molecule has 0 saturated heterocycles. The molecule has 0 radical (unpaired) electrons. The van der Waals surface area contributed by atoms with E-state index in [1.54, 1.807) is 18.2 Å². The lowest BCUT2D eigenvalue weighted by Crippen LogP contribution is -2.43. The van der Waals surface area contributed by atoms with Gasteiger partial charge in [-0.25, -0.2) is 9.67 Å². The van der Waals surface area contributed by atoms with Crippen LogP contribution in [0.2, 0.25) is 0 Å². The summed E-state index contributed by atoms with van der Waals surface area (Å²) in [7, 11) is 3.48. The lowest BCUT2D eigenvalue weighted by molar-refractivity contribution is 0.0648. The molecule has 0 unspecified atom stereocenters. The van der Waals surface area contributed by atoms with Crippen LogP contribution in [0.15, 0.2) is 23.7 Å². The number of carbonyl (C=O) groups is 1. The Kier molecular flexibility index (Phi) is 5.75. The highest BCUT2D eigenvalue weighted by molar-refractivity contribution is 7.12. The maximum atomic E-state index is 13.5. The van der Waals surface area contributed by atoms with E-state index >= 15 is 0 Å². The summed E-state index contributed by atoms with van der Waals surface area (Å²) in [6, 6.07) is 4.05. The molecule has 0 fully saturated rings. The second-order valence-electron chi connectivity index (χ2n) is 9.26. The number of ether oxygens (including phenoxy) is 2. The second kappa shape index (κ2) is 8.24. The standard InChI is InChI=1S/C24H30N4O3S/c1-14(2)31-19-13-17-15(12-18(19)30-7)8-9-16-20(22(29)27(6)24(3,4)5)26-28(21(16)17)23-25-10-11-32-23/h10-14H,8-9H2,1-7H3. The number of amides is 1. The van der Waals surface area contributed by atoms with E-state index in [-0.39, 0.29) is 17.6 Å². The average Bonchev–Trinajstić information content (AvgIpc) is 3.38. The Morgan fingerprint density at radius 1 is 1.22 bits per heavy atom. The summed E-state index contributed by atoms with van der Waals surface area (Å²) in [6.07, 6.45) is 3.28. The van der Waals surface area contributed by atoms with E-state index in [0.29, 0.717) is 17.2 Å². The predicted octanol–water partition coefficient (Wildman–Crippen LogP) is 4.76. The first kappa shape index (κ1) is 22.3. The Hall–Kier alpha value is -2.87. The van der Waals surface area contributed by atoms with Crippen molar-refractivity contribution in [3.05, 3.63) is 40.5 Å². The van der Waals surface area contributed by atoms with Crippen molar-refractivity contribution in [3.63, 3.8) is 0 Å². The molecule has 32 heavy (non-hydrogen) atoms. The van der Waals surface area contributed by atoms with Gasteiger partial charge >= 0.3 is 0 Å². The van der Waals surface area contributed by atoms with Gasteiger partial charge in [-0.15, -0.1) is 11.3 Å². The normalized spacial score (nSPS) is 13.0. The fraction of sp³-hybridized carbons (Fsp3) is 0.458. The molecule has 3 aromatic rings. The quantitative estimate of drug-likeness (QED) is 0.556. The molecule has 8 heteroatoms. The number of benzene rings is 1. The minimum Gasteiger partial charge on any atom is -0.493 e. The van der Waals surface area contributed by atoms with Crippen molar-refractivity contribution in [1.82, 2.24) is 19.7 Å². The highest BCUT2D eigenvalue weighted by atomic mass is 32.1. The fourth-order valence-corrected chi connectivity index (χ4v) is 4.45. The van der Waals surface area contributed by atoms with Gasteiger partial charge in [0, 0.05) is 35.3 Å². The summed E-state index contributed by atoms with van der Waals surface area (Å²) >= 11 is 1.49. The van der Waals surface area contributed by atoms with E-state index in [1.165, 1.54) is 11.3 Å². The van der Waals surface area contributed by atoms with E-state index < -0.39 is 0 Å². The Labute approximate surface area is 193 Å². The van der Waals surface area contributed by atoms with Crippen LogP contribution in [0.1, 0.15) is 56.2 Å². The van der Waals surface area contributed by atoms with Gasteiger partial charge in [0.2, 0.25) is 5.13 Å². The molecule has 0 saturated carbocycles. The summed E-state index contributed by atoms with van der Waals surface area (Å²) in [5.74, 6) is 1.31. The topological polar surface area (TPSA) is 69.5 Å². The molecular formula is C24H30N4O3S. The van der Waals surface area contributed by atoms with Crippen molar-refractivity contribution in [2.45, 2.75) is 59.1 Å². The Morgan fingerprint density at radius 3 is 2.56 bits per heavy atom. The number of rotatable bonds is 5. The summed E-state index contributed by atoms with van der Waals surface area (Å²) in [4.78, 5) is 19.7. The number of hydrogen-bond acceptors (Lipinski definition) is 6. The van der Waals surface area contributed by atoms with Crippen molar-refractivity contribution in [2.75, 3.05) is 14.2 Å². The summed E-state index contributed by atoms with van der Waals surface area (Å²) in [5, 5.41) is 7.45. The molecule has 7 nitrogen and oxygen atoms in total. The molecule has 4 rings (SSSR count). The zero-order valence-corrected chi connectivity index (χ0v) is 20.5. The van der Waals surface area contributed by atoms with Crippen LogP contribution in [0.3, 0.4) is 0 Å². The number of hydrogen-bond donors (Lipinski definition) is 0. The van der Waals surface area contributed by atoms with Gasteiger partial charge in [-0.2, -0.15) is 5.10 Å². The van der Waals surface area contributed by atoms with Gasteiger partial charge in [0.25, 0.3) is 5.91 Å². The zero-order valence-electron chi connectivity index (χ0n) is 19.7. The van der Waals surface area contributed by atoms with Gasteiger partial charge < -0.3 is 14.4 Å². The summed E-state index contributed by atoms with van der Waals surface area (Å²) in [5.41, 5.74) is 4.18. The maximum absolute atomic E-state index is 13.5. The van der Waals surface area contributed by atoms with Gasteiger partial charge in [0.05, 0.1) is 18.9 Å². The van der Waals surface area contributed by atoms with Crippen molar-refractivity contribution in [1.29, 1.82) is 0 Å². The molecular weight excluding hydrogens is 424 g/mol. The first-order valence-corrected chi connectivity index (χ1v) is 11.7. The third kappa shape index (κ3) is 3.88. The molecule has 0 aliphatic heterocycles. The van der Waals surface area contributed by atoms with E-state index in [4.69, 9.17) is 14.6 Å². The number of aryl methyl sites for hydroxylation is 1. The van der Waals surface area contributed by atoms with Gasteiger partial charge in [-0.05, 0) is 65.2 Å². The maximum Gasteiger partial charge on any atom is 0.274 e. The molecule has 2 aromatic heterocycles. The van der Waals surface area contributed by atoms with Crippen LogP contribution in [0.4, 0.5) is 0 Å². The van der Waals surface area contributed by atoms with E-state index in [1.807, 2.05) is 63.9 Å². The van der Waals surface area contributed by atoms with Crippen LogP contribution < -0.4 is 9.47 Å². The summed E-state index contributed by atoms with van der Waals surface area (Å²) < 4.78 is 13.5. The first-order valence-electron chi connectivity index (χ1n) is 10.8. The monoisotopic (exact) mass is 454 g/mol. The molecule has 170 valence electrons. The molecule has 0 spiro atoms. The minimum atomic E-state index is -0.312. The lowest BCUT2D eigenvalue weighted by atomic mass is 9.88. The number of methoxy groups -OCH3 is 1. The molecule has 1 amide bonds. The summed E-state index contributed by atoms with van der Waals surface area (Å²) in [6.45, 7) is 10.0. The third-order valence-electron chi connectivity index (χ3n) is 5.75. The molecule has 0 N–H and O–H groups in total. The van der Waals surface area contributed by atoms with Crippen LogP contribution >= 0.6 is 11.3 Å². The smallest absolute Gasteiger partial charge is 0.274 e. The first-order chi connectivity index (χ1) is 15.1. The fourth-order valence-electron chi connectivity index (χ4n) is 3.85. The van der Waals surface area contributed by atoms with Gasteiger partial charge in [-0.1, -0.05) is 0 Å². The Morgan fingerprint density at radius 2 is 1.97 bits per heavy atom. The number of nitrogens with zero attached hydrogens (tertiary/aromatic N) is 4. The second-order valence-corrected chi connectivity index (χ2v) is 10.1.